The molecule has 0 saturated carbocycles. The number of hydrogen-bond acceptors (Lipinski definition) is 2. The molecule has 1 unspecified atom stereocenters. The van der Waals surface area contributed by atoms with Crippen LogP contribution in [0.2, 0.25) is 0 Å². The van der Waals surface area contributed by atoms with Crippen molar-refractivity contribution in [3.63, 3.8) is 0 Å². The lowest BCUT2D eigenvalue weighted by Crippen LogP contribution is -2.31. The molecule has 1 aromatic heterocycles. The zero-order valence-corrected chi connectivity index (χ0v) is 10.4. The van der Waals surface area contributed by atoms with Crippen LogP contribution in [0.1, 0.15) is 25.1 Å². The molecule has 0 aliphatic carbocycles. The first kappa shape index (κ1) is 12.0. The Morgan fingerprint density at radius 1 is 1.50 bits per heavy atom. The third kappa shape index (κ3) is 4.45. The monoisotopic (exact) mass is 231 g/mol. The van der Waals surface area contributed by atoms with Gasteiger partial charge in [-0.25, -0.2) is 0 Å². The Bertz CT molecular complexity index is 233. The zero-order chi connectivity index (χ0) is 10.4. The molecule has 0 radical (unpaired) electrons. The van der Waals surface area contributed by atoms with E-state index in [0.29, 0.717) is 17.8 Å². The minimum atomic E-state index is 0.443. The molecule has 0 aliphatic heterocycles. The number of hydrogen-bond donors (Lipinski definition) is 1. The minimum absolute atomic E-state index is 0.443. The van der Waals surface area contributed by atoms with Gasteiger partial charge < -0.3 is 5.32 Å². The van der Waals surface area contributed by atoms with E-state index in [1.54, 1.807) is 11.3 Å². The summed E-state index contributed by atoms with van der Waals surface area (Å²) in [5.41, 5.74) is 0. The molecule has 14 heavy (non-hydrogen) atoms. The highest BCUT2D eigenvalue weighted by molar-refractivity contribution is 7.09. The predicted molar refractivity (Wildman–Crippen MR) is 65.1 cm³/mol. The third-order valence-corrected chi connectivity index (χ3v) is 3.34. The Hall–Kier alpha value is -0.0500. The highest BCUT2D eigenvalue weighted by atomic mass is 35.5. The van der Waals surface area contributed by atoms with Crippen molar-refractivity contribution in [2.24, 2.45) is 5.92 Å². The molecule has 0 spiro atoms. The smallest absolute Gasteiger partial charge is 0.0377 e. The standard InChI is InChI=1S/C11H18ClNS/c1-9(2)6-10(7-12)13-8-11-4-3-5-14-11/h3-5,9-10,13H,6-8H2,1-2H3. The van der Waals surface area contributed by atoms with E-state index in [1.165, 1.54) is 4.88 Å². The number of alkyl halides is 1. The van der Waals surface area contributed by atoms with Crippen molar-refractivity contribution in [2.75, 3.05) is 5.88 Å². The summed E-state index contributed by atoms with van der Waals surface area (Å²) in [6.07, 6.45) is 1.15. The molecule has 1 aromatic rings. The molecule has 1 nitrogen and oxygen atoms in total. The molecule has 1 rings (SSSR count). The van der Waals surface area contributed by atoms with Crippen molar-refractivity contribution in [3.8, 4) is 0 Å². The fourth-order valence-corrected chi connectivity index (χ4v) is 2.32. The second-order valence-electron chi connectivity index (χ2n) is 3.94. The first-order chi connectivity index (χ1) is 6.72. The molecule has 1 N–H and O–H groups in total. The van der Waals surface area contributed by atoms with E-state index < -0.39 is 0 Å². The van der Waals surface area contributed by atoms with Gasteiger partial charge in [0.2, 0.25) is 0 Å². The summed E-state index contributed by atoms with van der Waals surface area (Å²) >= 11 is 7.68. The Balaban J connectivity index is 2.27. The highest BCUT2D eigenvalue weighted by Crippen LogP contribution is 2.10. The molecular weight excluding hydrogens is 214 g/mol. The van der Waals surface area contributed by atoms with Gasteiger partial charge in [0.1, 0.15) is 0 Å². The van der Waals surface area contributed by atoms with Gasteiger partial charge in [0.05, 0.1) is 0 Å². The average molecular weight is 232 g/mol. The van der Waals surface area contributed by atoms with Gasteiger partial charge in [-0.2, -0.15) is 0 Å². The van der Waals surface area contributed by atoms with Crippen molar-refractivity contribution < 1.29 is 0 Å². The Kier molecular flexibility index (Phi) is 5.53. The van der Waals surface area contributed by atoms with Crippen LogP contribution in [0.5, 0.6) is 0 Å². The van der Waals surface area contributed by atoms with Crippen LogP contribution in [-0.2, 0) is 6.54 Å². The van der Waals surface area contributed by atoms with E-state index in [1.807, 2.05) is 0 Å². The van der Waals surface area contributed by atoms with Crippen molar-refractivity contribution in [2.45, 2.75) is 32.9 Å². The average Bonchev–Trinajstić information content (AvgIpc) is 2.64. The molecule has 0 aromatic carbocycles. The van der Waals surface area contributed by atoms with E-state index in [4.69, 9.17) is 11.6 Å². The molecule has 0 bridgehead atoms. The minimum Gasteiger partial charge on any atom is -0.308 e. The van der Waals surface area contributed by atoms with E-state index in [0.717, 1.165) is 13.0 Å². The van der Waals surface area contributed by atoms with Gasteiger partial charge in [0, 0.05) is 23.3 Å². The Labute approximate surface area is 95.5 Å². The van der Waals surface area contributed by atoms with Crippen molar-refractivity contribution >= 4 is 22.9 Å². The molecule has 0 fully saturated rings. The summed E-state index contributed by atoms with van der Waals surface area (Å²) in [5, 5.41) is 5.59. The molecular formula is C11H18ClNS. The summed E-state index contributed by atoms with van der Waals surface area (Å²) < 4.78 is 0. The third-order valence-electron chi connectivity index (χ3n) is 2.09. The van der Waals surface area contributed by atoms with Gasteiger partial charge in [0.15, 0.2) is 0 Å². The quantitative estimate of drug-likeness (QED) is 0.740. The predicted octanol–water partition coefficient (Wildman–Crippen LogP) is 3.49. The first-order valence-corrected chi connectivity index (χ1v) is 6.45. The number of halogens is 1. The fourth-order valence-electron chi connectivity index (χ4n) is 1.43. The van der Waals surface area contributed by atoms with Crippen molar-refractivity contribution in [1.29, 1.82) is 0 Å². The van der Waals surface area contributed by atoms with Crippen LogP contribution >= 0.6 is 22.9 Å². The van der Waals surface area contributed by atoms with Gasteiger partial charge in [-0.05, 0) is 23.8 Å². The summed E-state index contributed by atoms with van der Waals surface area (Å²) in [6, 6.07) is 4.68. The Morgan fingerprint density at radius 2 is 2.29 bits per heavy atom. The second kappa shape index (κ2) is 6.44. The van der Waals surface area contributed by atoms with Crippen LogP contribution in [0.25, 0.3) is 0 Å². The summed E-state index contributed by atoms with van der Waals surface area (Å²) in [4.78, 5) is 1.38. The molecule has 1 heterocycles. The van der Waals surface area contributed by atoms with Crippen LogP contribution in [0.4, 0.5) is 0 Å². The van der Waals surface area contributed by atoms with Crippen LogP contribution in [0.3, 0.4) is 0 Å². The second-order valence-corrected chi connectivity index (χ2v) is 5.28. The SMILES string of the molecule is CC(C)CC(CCl)NCc1cccs1. The van der Waals surface area contributed by atoms with Gasteiger partial charge in [-0.15, -0.1) is 22.9 Å². The van der Waals surface area contributed by atoms with Gasteiger partial charge >= 0.3 is 0 Å². The molecule has 0 amide bonds. The van der Waals surface area contributed by atoms with Gasteiger partial charge in [-0.1, -0.05) is 19.9 Å². The number of thiophene rings is 1. The summed E-state index contributed by atoms with van der Waals surface area (Å²) in [5.74, 6) is 1.40. The maximum absolute atomic E-state index is 5.89. The van der Waals surface area contributed by atoms with Crippen molar-refractivity contribution in [1.82, 2.24) is 5.32 Å². The molecule has 0 saturated heterocycles. The van der Waals surface area contributed by atoms with E-state index in [2.05, 4.69) is 36.7 Å². The molecule has 1 atom stereocenters. The highest BCUT2D eigenvalue weighted by Gasteiger charge is 2.08. The van der Waals surface area contributed by atoms with Gasteiger partial charge in [0.25, 0.3) is 0 Å². The van der Waals surface area contributed by atoms with E-state index in [9.17, 15) is 0 Å². The zero-order valence-electron chi connectivity index (χ0n) is 8.79. The largest absolute Gasteiger partial charge is 0.308 e. The lowest BCUT2D eigenvalue weighted by atomic mass is 10.1. The fraction of sp³-hybridized carbons (Fsp3) is 0.636. The van der Waals surface area contributed by atoms with Gasteiger partial charge in [-0.3, -0.25) is 0 Å². The summed E-state index contributed by atoms with van der Waals surface area (Å²) in [7, 11) is 0. The van der Waals surface area contributed by atoms with Crippen LogP contribution in [0, 0.1) is 5.92 Å². The van der Waals surface area contributed by atoms with E-state index in [-0.39, 0.29) is 0 Å². The maximum Gasteiger partial charge on any atom is 0.0377 e. The van der Waals surface area contributed by atoms with Crippen LogP contribution in [-0.4, -0.2) is 11.9 Å². The van der Waals surface area contributed by atoms with Crippen LogP contribution < -0.4 is 5.32 Å². The summed E-state index contributed by atoms with van der Waals surface area (Å²) in [6.45, 7) is 5.40. The van der Waals surface area contributed by atoms with E-state index >= 15 is 0 Å². The topological polar surface area (TPSA) is 12.0 Å². The first-order valence-electron chi connectivity index (χ1n) is 5.04. The molecule has 80 valence electrons. The maximum atomic E-state index is 5.89. The lowest BCUT2D eigenvalue weighted by molar-refractivity contribution is 0.446. The van der Waals surface area contributed by atoms with Crippen LogP contribution in [0.15, 0.2) is 17.5 Å². The Morgan fingerprint density at radius 3 is 2.79 bits per heavy atom. The molecule has 3 heteroatoms. The normalized spacial score (nSPS) is 13.4. The lowest BCUT2D eigenvalue weighted by Gasteiger charge is -2.17. The molecule has 0 aliphatic rings. The van der Waals surface area contributed by atoms with Crippen molar-refractivity contribution in [3.05, 3.63) is 22.4 Å². The number of rotatable bonds is 6. The number of nitrogens with one attached hydrogen (secondary N) is 1.